The number of nitriles is 1. The number of hydrogen-bond donors (Lipinski definition) is 0. The molecule has 0 bridgehead atoms. The zero-order valence-electron chi connectivity index (χ0n) is 7.35. The van der Waals surface area contributed by atoms with Gasteiger partial charge in [-0.15, -0.1) is 11.6 Å². The molecule has 0 saturated carbocycles. The normalized spacial score (nSPS) is 8.64. The molecule has 0 radical (unpaired) electrons. The third kappa shape index (κ3) is 2.76. The first-order valence-electron chi connectivity index (χ1n) is 3.98. The molecule has 1 rings (SSSR count). The summed E-state index contributed by atoms with van der Waals surface area (Å²) in [6, 6.07) is 6.51. The smallest absolute Gasteiger partial charge is 0.139 e. The van der Waals surface area contributed by atoms with E-state index in [0.717, 1.165) is 0 Å². The Balaban J connectivity index is 2.96. The fourth-order valence-corrected chi connectivity index (χ4v) is 1.06. The van der Waals surface area contributed by atoms with E-state index in [9.17, 15) is 4.39 Å². The second-order valence-electron chi connectivity index (χ2n) is 2.58. The van der Waals surface area contributed by atoms with Crippen LogP contribution in [0.5, 0.6) is 0 Å². The van der Waals surface area contributed by atoms with Gasteiger partial charge in [0.2, 0.25) is 0 Å². The molecule has 0 spiro atoms. The van der Waals surface area contributed by atoms with Gasteiger partial charge >= 0.3 is 0 Å². The molecular formula is C11H7ClFN. The van der Waals surface area contributed by atoms with E-state index in [1.807, 2.05) is 6.07 Å². The van der Waals surface area contributed by atoms with E-state index in [1.54, 1.807) is 12.1 Å². The number of nitrogens with zero attached hydrogens (tertiary/aromatic N) is 1. The van der Waals surface area contributed by atoms with E-state index in [1.165, 1.54) is 6.07 Å². The highest BCUT2D eigenvalue weighted by Crippen LogP contribution is 2.09. The van der Waals surface area contributed by atoms with Gasteiger partial charge in [0.25, 0.3) is 0 Å². The van der Waals surface area contributed by atoms with Crippen molar-refractivity contribution in [2.24, 2.45) is 0 Å². The van der Waals surface area contributed by atoms with Crippen molar-refractivity contribution < 1.29 is 4.39 Å². The summed E-state index contributed by atoms with van der Waals surface area (Å²) in [4.78, 5) is 0. The van der Waals surface area contributed by atoms with Crippen molar-refractivity contribution in [3.05, 3.63) is 35.1 Å². The van der Waals surface area contributed by atoms with Crippen LogP contribution in [-0.2, 0) is 6.42 Å². The average Bonchev–Trinajstić information content (AvgIpc) is 2.17. The first-order chi connectivity index (χ1) is 6.77. The summed E-state index contributed by atoms with van der Waals surface area (Å²) in [6.07, 6.45) is 0.208. The summed E-state index contributed by atoms with van der Waals surface area (Å²) in [5, 5.41) is 8.40. The Bertz CT molecular complexity index is 423. The average molecular weight is 208 g/mol. The largest absolute Gasteiger partial charge is 0.206 e. The fourth-order valence-electron chi connectivity index (χ4n) is 0.990. The fraction of sp³-hybridized carbons (Fsp3) is 0.182. The number of halogens is 2. The molecule has 0 aliphatic rings. The first kappa shape index (κ1) is 10.6. The van der Waals surface area contributed by atoms with Crippen LogP contribution >= 0.6 is 11.6 Å². The maximum atomic E-state index is 13.2. The Morgan fingerprint density at radius 3 is 2.79 bits per heavy atom. The molecular weight excluding hydrogens is 201 g/mol. The van der Waals surface area contributed by atoms with Crippen LogP contribution in [0, 0.1) is 29.0 Å². The second-order valence-corrected chi connectivity index (χ2v) is 2.85. The minimum Gasteiger partial charge on any atom is -0.206 e. The lowest BCUT2D eigenvalue weighted by Gasteiger charge is -1.97. The first-order valence-corrected chi connectivity index (χ1v) is 4.51. The second kappa shape index (κ2) is 5.27. The van der Waals surface area contributed by atoms with Gasteiger partial charge in [-0.25, -0.2) is 4.39 Å². The van der Waals surface area contributed by atoms with Gasteiger partial charge in [0.05, 0.1) is 23.9 Å². The maximum Gasteiger partial charge on any atom is 0.139 e. The highest BCUT2D eigenvalue weighted by atomic mass is 35.5. The van der Waals surface area contributed by atoms with Crippen molar-refractivity contribution in [2.45, 2.75) is 6.42 Å². The van der Waals surface area contributed by atoms with E-state index in [0.29, 0.717) is 11.1 Å². The van der Waals surface area contributed by atoms with Crippen LogP contribution in [0.15, 0.2) is 18.2 Å². The predicted octanol–water partition coefficient (Wildman–Crippen LogP) is 2.48. The molecule has 0 heterocycles. The molecule has 0 saturated heterocycles. The lowest BCUT2D eigenvalue weighted by Crippen LogP contribution is -1.88. The summed E-state index contributed by atoms with van der Waals surface area (Å²) >= 11 is 5.35. The molecule has 1 nitrogen and oxygen atoms in total. The van der Waals surface area contributed by atoms with Gasteiger partial charge in [-0.1, -0.05) is 17.9 Å². The Hall–Kier alpha value is -1.51. The molecule has 0 fully saturated rings. The van der Waals surface area contributed by atoms with Gasteiger partial charge in [-0.3, -0.25) is 0 Å². The van der Waals surface area contributed by atoms with Gasteiger partial charge < -0.3 is 0 Å². The van der Waals surface area contributed by atoms with Crippen molar-refractivity contribution in [3.63, 3.8) is 0 Å². The van der Waals surface area contributed by atoms with E-state index in [-0.39, 0.29) is 12.3 Å². The van der Waals surface area contributed by atoms with Crippen molar-refractivity contribution in [3.8, 4) is 17.9 Å². The number of hydrogen-bond acceptors (Lipinski definition) is 1. The summed E-state index contributed by atoms with van der Waals surface area (Å²) in [7, 11) is 0. The van der Waals surface area contributed by atoms with Crippen LogP contribution in [0.4, 0.5) is 4.39 Å². The molecule has 1 aromatic rings. The maximum absolute atomic E-state index is 13.2. The van der Waals surface area contributed by atoms with Crippen LogP contribution in [-0.4, -0.2) is 5.88 Å². The Morgan fingerprint density at radius 1 is 1.43 bits per heavy atom. The molecule has 0 aliphatic carbocycles. The van der Waals surface area contributed by atoms with E-state index in [4.69, 9.17) is 16.9 Å². The summed E-state index contributed by atoms with van der Waals surface area (Å²) in [5.41, 5.74) is 0.966. The molecule has 3 heteroatoms. The van der Waals surface area contributed by atoms with Crippen LogP contribution in [0.1, 0.15) is 11.1 Å². The standard InChI is InChI=1S/C11H7ClFN/c12-6-1-2-10-4-3-9(5-7-14)8-11(10)13/h3-4,8H,5-6H2. The SMILES string of the molecule is N#CCc1ccc(C#CCCl)c(F)c1. The number of alkyl halides is 1. The molecule has 14 heavy (non-hydrogen) atoms. The van der Waals surface area contributed by atoms with Crippen LogP contribution in [0.25, 0.3) is 0 Å². The lowest BCUT2D eigenvalue weighted by molar-refractivity contribution is 0.622. The van der Waals surface area contributed by atoms with Crippen molar-refractivity contribution in [2.75, 3.05) is 5.88 Å². The molecule has 0 unspecified atom stereocenters. The van der Waals surface area contributed by atoms with Crippen molar-refractivity contribution in [1.29, 1.82) is 5.26 Å². The quantitative estimate of drug-likeness (QED) is 0.513. The van der Waals surface area contributed by atoms with Crippen LogP contribution in [0.2, 0.25) is 0 Å². The Morgan fingerprint density at radius 2 is 2.21 bits per heavy atom. The summed E-state index contributed by atoms with van der Waals surface area (Å²) in [6.45, 7) is 0. The highest BCUT2D eigenvalue weighted by Gasteiger charge is 2.00. The molecule has 0 atom stereocenters. The van der Waals surface area contributed by atoms with Crippen LogP contribution in [0.3, 0.4) is 0 Å². The highest BCUT2D eigenvalue weighted by molar-refractivity contribution is 6.19. The van der Waals surface area contributed by atoms with E-state index < -0.39 is 5.82 Å². The minimum absolute atomic E-state index is 0.180. The van der Waals surface area contributed by atoms with Crippen molar-refractivity contribution in [1.82, 2.24) is 0 Å². The Kier molecular flexibility index (Phi) is 3.98. The summed E-state index contributed by atoms with van der Waals surface area (Å²) in [5.74, 6) is 4.93. The molecule has 0 amide bonds. The Labute approximate surface area is 87.1 Å². The molecule has 0 aliphatic heterocycles. The summed E-state index contributed by atoms with van der Waals surface area (Å²) < 4.78 is 13.2. The number of rotatable bonds is 1. The molecule has 70 valence electrons. The van der Waals surface area contributed by atoms with Gasteiger partial charge in [0.1, 0.15) is 5.82 Å². The molecule has 0 aromatic heterocycles. The van der Waals surface area contributed by atoms with Gasteiger partial charge in [-0.05, 0) is 17.7 Å². The topological polar surface area (TPSA) is 23.8 Å². The predicted molar refractivity (Wildman–Crippen MR) is 53.3 cm³/mol. The van der Waals surface area contributed by atoms with E-state index in [2.05, 4.69) is 11.8 Å². The zero-order valence-corrected chi connectivity index (χ0v) is 8.11. The number of benzene rings is 1. The monoisotopic (exact) mass is 207 g/mol. The lowest BCUT2D eigenvalue weighted by atomic mass is 10.1. The third-order valence-corrected chi connectivity index (χ3v) is 1.74. The van der Waals surface area contributed by atoms with Gasteiger partial charge in [0.15, 0.2) is 0 Å². The third-order valence-electron chi connectivity index (χ3n) is 1.61. The van der Waals surface area contributed by atoms with Gasteiger partial charge in [0, 0.05) is 0 Å². The van der Waals surface area contributed by atoms with Gasteiger partial charge in [-0.2, -0.15) is 5.26 Å². The van der Waals surface area contributed by atoms with E-state index >= 15 is 0 Å². The molecule has 0 N–H and O–H groups in total. The minimum atomic E-state index is -0.407. The molecule has 1 aromatic carbocycles. The van der Waals surface area contributed by atoms with Crippen molar-refractivity contribution >= 4 is 11.6 Å². The zero-order chi connectivity index (χ0) is 10.4. The van der Waals surface area contributed by atoms with Crippen LogP contribution < -0.4 is 0 Å².